The smallest absolute Gasteiger partial charge is 0.269 e. The number of hydrogen-bond donors (Lipinski definition) is 1. The van der Waals surface area contributed by atoms with Gasteiger partial charge in [-0.05, 0) is 18.9 Å². The lowest BCUT2D eigenvalue weighted by molar-refractivity contribution is -0.384. The van der Waals surface area contributed by atoms with Crippen LogP contribution in [0.25, 0.3) is 0 Å². The number of ether oxygens (including phenoxy) is 1. The second kappa shape index (κ2) is 8.61. The predicted octanol–water partition coefficient (Wildman–Crippen LogP) is 3.06. The fourth-order valence-electron chi connectivity index (χ4n) is 1.72. The zero-order valence-corrected chi connectivity index (χ0v) is 11.6. The minimum atomic E-state index is -0.371. The zero-order valence-electron chi connectivity index (χ0n) is 11.6. The van der Waals surface area contributed by atoms with Gasteiger partial charge in [0.15, 0.2) is 0 Å². The monoisotopic (exact) mass is 266 g/mol. The molecule has 0 aliphatic heterocycles. The first-order valence-electron chi connectivity index (χ1n) is 6.70. The molecule has 106 valence electrons. The number of nitro benzene ring substituents is 1. The van der Waals surface area contributed by atoms with Gasteiger partial charge in [-0.15, -0.1) is 0 Å². The van der Waals surface area contributed by atoms with Gasteiger partial charge in [0.2, 0.25) is 0 Å². The lowest BCUT2D eigenvalue weighted by Crippen LogP contribution is -2.23. The van der Waals surface area contributed by atoms with Crippen LogP contribution in [0, 0.1) is 10.1 Å². The van der Waals surface area contributed by atoms with E-state index in [1.807, 2.05) is 13.0 Å². The van der Waals surface area contributed by atoms with E-state index in [9.17, 15) is 10.1 Å². The number of rotatable bonds is 9. The normalized spacial score (nSPS) is 12.3. The molecule has 0 aliphatic carbocycles. The average Bonchev–Trinajstić information content (AvgIpc) is 2.42. The Bertz CT molecular complexity index is 396. The first kappa shape index (κ1) is 15.6. The van der Waals surface area contributed by atoms with Crippen LogP contribution in [0.15, 0.2) is 24.3 Å². The Hall–Kier alpha value is -1.46. The van der Waals surface area contributed by atoms with Crippen molar-refractivity contribution < 1.29 is 9.66 Å². The molecule has 0 radical (unpaired) electrons. The number of hydrogen-bond acceptors (Lipinski definition) is 4. The van der Waals surface area contributed by atoms with Crippen molar-refractivity contribution in [3.8, 4) is 0 Å². The second-order valence-corrected chi connectivity index (χ2v) is 4.49. The molecule has 19 heavy (non-hydrogen) atoms. The van der Waals surface area contributed by atoms with Crippen LogP contribution in [-0.2, 0) is 4.74 Å². The fraction of sp³-hybridized carbons (Fsp3) is 0.571. The predicted molar refractivity (Wildman–Crippen MR) is 75.2 cm³/mol. The zero-order chi connectivity index (χ0) is 14.1. The molecule has 0 bridgehead atoms. The topological polar surface area (TPSA) is 64.4 Å². The summed E-state index contributed by atoms with van der Waals surface area (Å²) in [4.78, 5) is 10.3. The van der Waals surface area contributed by atoms with Gasteiger partial charge in [0.1, 0.15) is 0 Å². The molecule has 1 unspecified atom stereocenters. The van der Waals surface area contributed by atoms with E-state index in [-0.39, 0.29) is 16.7 Å². The Kier molecular flexibility index (Phi) is 7.07. The highest BCUT2D eigenvalue weighted by Crippen LogP contribution is 2.18. The van der Waals surface area contributed by atoms with Gasteiger partial charge in [-0.25, -0.2) is 0 Å². The van der Waals surface area contributed by atoms with Crippen molar-refractivity contribution in [3.63, 3.8) is 0 Å². The standard InChI is InChI=1S/C14H22N2O3/c1-3-4-9-19-10-8-15-12(2)13-6-5-7-14(11-13)16(17)18/h5-7,11-12,15H,3-4,8-10H2,1-2H3. The molecule has 0 aromatic heterocycles. The Labute approximate surface area is 114 Å². The Balaban J connectivity index is 2.34. The molecule has 0 spiro atoms. The van der Waals surface area contributed by atoms with E-state index in [1.54, 1.807) is 12.1 Å². The number of nitro groups is 1. The molecule has 1 aromatic carbocycles. The van der Waals surface area contributed by atoms with Crippen LogP contribution >= 0.6 is 0 Å². The van der Waals surface area contributed by atoms with Crippen LogP contribution in [0.2, 0.25) is 0 Å². The third-order valence-corrected chi connectivity index (χ3v) is 2.92. The molecule has 1 atom stereocenters. The summed E-state index contributed by atoms with van der Waals surface area (Å²) in [6.45, 7) is 6.33. The van der Waals surface area contributed by atoms with Crippen molar-refractivity contribution in [2.45, 2.75) is 32.7 Å². The summed E-state index contributed by atoms with van der Waals surface area (Å²) >= 11 is 0. The minimum absolute atomic E-state index is 0.0784. The molecule has 0 amide bonds. The molecule has 0 saturated heterocycles. The van der Waals surface area contributed by atoms with Gasteiger partial charge in [-0.2, -0.15) is 0 Å². The fourth-order valence-corrected chi connectivity index (χ4v) is 1.72. The van der Waals surface area contributed by atoms with Crippen molar-refractivity contribution in [2.75, 3.05) is 19.8 Å². The van der Waals surface area contributed by atoms with E-state index in [0.29, 0.717) is 6.61 Å². The van der Waals surface area contributed by atoms with Gasteiger partial charge in [0, 0.05) is 31.3 Å². The summed E-state index contributed by atoms with van der Waals surface area (Å²) in [6.07, 6.45) is 2.22. The van der Waals surface area contributed by atoms with Crippen molar-refractivity contribution in [3.05, 3.63) is 39.9 Å². The summed E-state index contributed by atoms with van der Waals surface area (Å²) in [5.41, 5.74) is 1.05. The maximum atomic E-state index is 10.7. The Morgan fingerprint density at radius 2 is 2.21 bits per heavy atom. The summed E-state index contributed by atoms with van der Waals surface area (Å²) in [5.74, 6) is 0. The van der Waals surface area contributed by atoms with Crippen molar-refractivity contribution in [1.82, 2.24) is 5.32 Å². The minimum Gasteiger partial charge on any atom is -0.380 e. The number of nitrogens with one attached hydrogen (secondary N) is 1. The number of non-ortho nitro benzene ring substituents is 1. The van der Waals surface area contributed by atoms with Crippen LogP contribution in [-0.4, -0.2) is 24.7 Å². The number of unbranched alkanes of at least 4 members (excludes halogenated alkanes) is 1. The van der Waals surface area contributed by atoms with Gasteiger partial charge in [-0.3, -0.25) is 10.1 Å². The van der Waals surface area contributed by atoms with Crippen LogP contribution < -0.4 is 5.32 Å². The van der Waals surface area contributed by atoms with Gasteiger partial charge in [0.25, 0.3) is 5.69 Å². The number of nitrogens with zero attached hydrogens (tertiary/aromatic N) is 1. The Morgan fingerprint density at radius 3 is 2.89 bits per heavy atom. The molecule has 5 nitrogen and oxygen atoms in total. The quantitative estimate of drug-likeness (QED) is 0.424. The van der Waals surface area contributed by atoms with Gasteiger partial charge >= 0.3 is 0 Å². The SMILES string of the molecule is CCCCOCCNC(C)c1cccc([N+](=O)[O-])c1. The van der Waals surface area contributed by atoms with E-state index in [2.05, 4.69) is 12.2 Å². The summed E-state index contributed by atoms with van der Waals surface area (Å²) < 4.78 is 5.45. The first-order valence-corrected chi connectivity index (χ1v) is 6.70. The van der Waals surface area contributed by atoms with Crippen LogP contribution in [0.3, 0.4) is 0 Å². The molecule has 0 saturated carbocycles. The molecule has 0 fully saturated rings. The largest absolute Gasteiger partial charge is 0.380 e. The van der Waals surface area contributed by atoms with Crippen LogP contribution in [0.1, 0.15) is 38.3 Å². The van der Waals surface area contributed by atoms with Gasteiger partial charge in [-0.1, -0.05) is 25.5 Å². The van der Waals surface area contributed by atoms with Gasteiger partial charge in [0.05, 0.1) is 11.5 Å². The van der Waals surface area contributed by atoms with Crippen LogP contribution in [0.5, 0.6) is 0 Å². The summed E-state index contributed by atoms with van der Waals surface area (Å²) in [6, 6.07) is 6.79. The third-order valence-electron chi connectivity index (χ3n) is 2.92. The summed E-state index contributed by atoms with van der Waals surface area (Å²) in [5, 5.41) is 14.0. The second-order valence-electron chi connectivity index (χ2n) is 4.49. The van der Waals surface area contributed by atoms with Gasteiger partial charge < -0.3 is 10.1 Å². The maximum absolute atomic E-state index is 10.7. The van der Waals surface area contributed by atoms with E-state index in [0.717, 1.165) is 31.6 Å². The molecule has 0 heterocycles. The highest BCUT2D eigenvalue weighted by atomic mass is 16.6. The summed E-state index contributed by atoms with van der Waals surface area (Å²) in [7, 11) is 0. The molecular formula is C14H22N2O3. The van der Waals surface area contributed by atoms with Crippen molar-refractivity contribution >= 4 is 5.69 Å². The number of benzene rings is 1. The van der Waals surface area contributed by atoms with E-state index < -0.39 is 0 Å². The molecule has 1 N–H and O–H groups in total. The van der Waals surface area contributed by atoms with E-state index >= 15 is 0 Å². The third kappa shape index (κ3) is 5.81. The molecule has 1 aromatic rings. The van der Waals surface area contributed by atoms with Crippen molar-refractivity contribution in [1.29, 1.82) is 0 Å². The molecule has 5 heteroatoms. The van der Waals surface area contributed by atoms with E-state index in [4.69, 9.17) is 4.74 Å². The highest BCUT2D eigenvalue weighted by Gasteiger charge is 2.10. The van der Waals surface area contributed by atoms with Crippen LogP contribution in [0.4, 0.5) is 5.69 Å². The molecule has 0 aliphatic rings. The lowest BCUT2D eigenvalue weighted by Gasteiger charge is -2.14. The molecular weight excluding hydrogens is 244 g/mol. The Morgan fingerprint density at radius 1 is 1.42 bits per heavy atom. The van der Waals surface area contributed by atoms with E-state index in [1.165, 1.54) is 6.07 Å². The lowest BCUT2D eigenvalue weighted by atomic mass is 10.1. The maximum Gasteiger partial charge on any atom is 0.269 e. The highest BCUT2D eigenvalue weighted by molar-refractivity contribution is 5.35. The average molecular weight is 266 g/mol. The molecule has 1 rings (SSSR count). The van der Waals surface area contributed by atoms with Crippen molar-refractivity contribution in [2.24, 2.45) is 0 Å². The first-order chi connectivity index (χ1) is 9.15.